The minimum Gasteiger partial charge on any atom is -0.326 e. The minimum atomic E-state index is -0.341. The fourth-order valence-electron chi connectivity index (χ4n) is 4.09. The fourth-order valence-corrected chi connectivity index (χ4v) is 4.09. The molecular weight excluding hydrogens is 427 g/mol. The zero-order chi connectivity index (χ0) is 23.7. The Balaban J connectivity index is 1.56. The number of hydrogen-bond donors (Lipinski definition) is 1. The molecule has 5 aromatic rings. The van der Waals surface area contributed by atoms with E-state index in [4.69, 9.17) is 5.73 Å². The number of hydrogen-bond acceptors (Lipinski definition) is 3. The molecule has 0 aliphatic rings. The molecule has 0 fully saturated rings. The molecule has 0 radical (unpaired) electrons. The zero-order valence-electron chi connectivity index (χ0n) is 18.6. The first-order chi connectivity index (χ1) is 16.5. The van der Waals surface area contributed by atoms with Crippen LogP contribution in [0.4, 0.5) is 10.1 Å². The van der Waals surface area contributed by atoms with Gasteiger partial charge in [0.15, 0.2) is 0 Å². The number of halogens is 1. The Kier molecular flexibility index (Phi) is 5.65. The van der Waals surface area contributed by atoms with Gasteiger partial charge >= 0.3 is 0 Å². The van der Waals surface area contributed by atoms with Gasteiger partial charge in [-0.3, -0.25) is 4.79 Å². The molecule has 34 heavy (non-hydrogen) atoms. The lowest BCUT2D eigenvalue weighted by Gasteiger charge is -2.17. The van der Waals surface area contributed by atoms with E-state index in [0.29, 0.717) is 17.8 Å². The summed E-state index contributed by atoms with van der Waals surface area (Å²) >= 11 is 0. The molecule has 0 saturated heterocycles. The molecule has 6 heteroatoms. The lowest BCUT2D eigenvalue weighted by molar-refractivity contribution is 0.0993. The van der Waals surface area contributed by atoms with Gasteiger partial charge in [0.05, 0.1) is 11.7 Å². The molecule has 5 rings (SSSR count). The van der Waals surface area contributed by atoms with E-state index in [1.54, 1.807) is 36.0 Å². The van der Waals surface area contributed by atoms with Gasteiger partial charge in [0.25, 0.3) is 5.91 Å². The smallest absolute Gasteiger partial charge is 0.258 e. The Bertz CT molecular complexity index is 1470. The Morgan fingerprint density at radius 1 is 0.941 bits per heavy atom. The van der Waals surface area contributed by atoms with Gasteiger partial charge in [0.1, 0.15) is 5.82 Å². The molecule has 1 amide bonds. The normalized spacial score (nSPS) is 11.0. The summed E-state index contributed by atoms with van der Waals surface area (Å²) < 4.78 is 15.1. The van der Waals surface area contributed by atoms with Crippen LogP contribution in [0.25, 0.3) is 27.8 Å². The van der Waals surface area contributed by atoms with Crippen LogP contribution in [0.3, 0.4) is 0 Å². The van der Waals surface area contributed by atoms with E-state index in [-0.39, 0.29) is 11.7 Å². The van der Waals surface area contributed by atoms with Crippen LogP contribution in [-0.4, -0.2) is 22.6 Å². The van der Waals surface area contributed by atoms with Crippen molar-refractivity contribution >= 4 is 17.1 Å². The van der Waals surface area contributed by atoms with Crippen LogP contribution in [0.1, 0.15) is 15.9 Å². The maximum atomic E-state index is 13.3. The van der Waals surface area contributed by atoms with Crippen molar-refractivity contribution in [2.24, 2.45) is 5.73 Å². The summed E-state index contributed by atoms with van der Waals surface area (Å²) in [6, 6.07) is 25.8. The Labute approximate surface area is 196 Å². The van der Waals surface area contributed by atoms with Crippen molar-refractivity contribution < 1.29 is 9.18 Å². The lowest BCUT2D eigenvalue weighted by Crippen LogP contribution is -2.26. The van der Waals surface area contributed by atoms with E-state index in [0.717, 1.165) is 33.3 Å². The van der Waals surface area contributed by atoms with E-state index in [2.05, 4.69) is 29.4 Å². The second-order valence-electron chi connectivity index (χ2n) is 8.09. The number of pyridine rings is 1. The summed E-state index contributed by atoms with van der Waals surface area (Å²) in [7, 11) is 1.68. The van der Waals surface area contributed by atoms with Gasteiger partial charge in [-0.1, -0.05) is 48.5 Å². The van der Waals surface area contributed by atoms with Crippen molar-refractivity contribution in [3.8, 4) is 22.3 Å². The van der Waals surface area contributed by atoms with Crippen LogP contribution in [0.2, 0.25) is 0 Å². The molecule has 0 aliphatic carbocycles. The minimum absolute atomic E-state index is 0.188. The number of aromatic nitrogens is 2. The average molecular weight is 451 g/mol. The van der Waals surface area contributed by atoms with Crippen molar-refractivity contribution in [1.29, 1.82) is 0 Å². The number of carbonyl (C=O) groups is 1. The predicted molar refractivity (Wildman–Crippen MR) is 133 cm³/mol. The van der Waals surface area contributed by atoms with Crippen molar-refractivity contribution in [1.82, 2.24) is 9.61 Å². The quantitative estimate of drug-likeness (QED) is 0.382. The van der Waals surface area contributed by atoms with Crippen LogP contribution < -0.4 is 10.6 Å². The summed E-state index contributed by atoms with van der Waals surface area (Å²) in [4.78, 5) is 14.7. The highest BCUT2D eigenvalue weighted by Crippen LogP contribution is 2.34. The molecule has 2 heterocycles. The number of carbonyl (C=O) groups excluding carboxylic acids is 1. The SMILES string of the molecule is CN(C(=O)c1ccn2ncc(-c3ccccc3-c3ccc(CN)cc3)c2c1)c1ccc(F)cc1. The van der Waals surface area contributed by atoms with Crippen LogP contribution in [-0.2, 0) is 6.54 Å². The molecule has 3 aromatic carbocycles. The van der Waals surface area contributed by atoms with Gasteiger partial charge in [-0.2, -0.15) is 5.10 Å². The maximum absolute atomic E-state index is 13.3. The molecular formula is C28H23FN4O. The van der Waals surface area contributed by atoms with Gasteiger partial charge in [-0.25, -0.2) is 8.91 Å². The van der Waals surface area contributed by atoms with Crippen molar-refractivity contribution in [2.75, 3.05) is 11.9 Å². The largest absolute Gasteiger partial charge is 0.326 e. The third kappa shape index (κ3) is 3.95. The van der Waals surface area contributed by atoms with Crippen molar-refractivity contribution in [3.05, 3.63) is 114 Å². The molecule has 2 N–H and O–H groups in total. The summed E-state index contributed by atoms with van der Waals surface area (Å²) in [5, 5.41) is 4.50. The molecule has 0 saturated carbocycles. The lowest BCUT2D eigenvalue weighted by atomic mass is 9.94. The van der Waals surface area contributed by atoms with E-state index >= 15 is 0 Å². The number of benzene rings is 3. The second-order valence-corrected chi connectivity index (χ2v) is 8.09. The molecule has 0 spiro atoms. The molecule has 168 valence electrons. The third-order valence-corrected chi connectivity index (χ3v) is 6.00. The predicted octanol–water partition coefficient (Wildman–Crippen LogP) is 5.54. The third-order valence-electron chi connectivity index (χ3n) is 6.00. The first kappa shape index (κ1) is 21.6. The van der Waals surface area contributed by atoms with Gasteiger partial charge in [0, 0.05) is 36.6 Å². The summed E-state index contributed by atoms with van der Waals surface area (Å²) in [5.41, 5.74) is 12.9. The highest BCUT2D eigenvalue weighted by molar-refractivity contribution is 6.07. The van der Waals surface area contributed by atoms with Gasteiger partial charge in [-0.15, -0.1) is 0 Å². The van der Waals surface area contributed by atoms with E-state index in [9.17, 15) is 9.18 Å². The van der Waals surface area contributed by atoms with Crippen LogP contribution in [0.5, 0.6) is 0 Å². The summed E-state index contributed by atoms with van der Waals surface area (Å²) in [5.74, 6) is -0.529. The average Bonchev–Trinajstić information content (AvgIpc) is 3.31. The van der Waals surface area contributed by atoms with Crippen LogP contribution in [0, 0.1) is 5.82 Å². The highest BCUT2D eigenvalue weighted by Gasteiger charge is 2.17. The maximum Gasteiger partial charge on any atom is 0.258 e. The molecule has 0 unspecified atom stereocenters. The second kappa shape index (κ2) is 8.92. The number of nitrogens with two attached hydrogens (primary N) is 1. The number of anilines is 1. The number of amides is 1. The van der Waals surface area contributed by atoms with E-state index in [1.807, 2.05) is 36.5 Å². The summed E-state index contributed by atoms with van der Waals surface area (Å²) in [6.07, 6.45) is 3.60. The summed E-state index contributed by atoms with van der Waals surface area (Å²) in [6.45, 7) is 0.499. The van der Waals surface area contributed by atoms with Crippen LogP contribution >= 0.6 is 0 Å². The first-order valence-corrected chi connectivity index (χ1v) is 10.9. The fraction of sp³-hybridized carbons (Fsp3) is 0.0714. The highest BCUT2D eigenvalue weighted by atomic mass is 19.1. The standard InChI is InChI=1S/C28H23FN4O/c1-32(23-12-10-22(29)11-13-23)28(34)21-14-15-33-27(16-21)26(18-31-33)25-5-3-2-4-24(25)20-8-6-19(17-30)7-9-20/h2-16,18H,17,30H2,1H3. The Morgan fingerprint density at radius 3 is 2.35 bits per heavy atom. The van der Waals surface area contributed by atoms with Crippen molar-refractivity contribution in [2.45, 2.75) is 6.54 Å². The number of nitrogens with zero attached hydrogens (tertiary/aromatic N) is 3. The Hall–Kier alpha value is -4.29. The molecule has 2 aromatic heterocycles. The van der Waals surface area contributed by atoms with Crippen molar-refractivity contribution in [3.63, 3.8) is 0 Å². The topological polar surface area (TPSA) is 63.6 Å². The molecule has 0 aliphatic heterocycles. The van der Waals surface area contributed by atoms with Gasteiger partial charge in [0.2, 0.25) is 0 Å². The molecule has 0 bridgehead atoms. The zero-order valence-corrected chi connectivity index (χ0v) is 18.6. The molecule has 0 atom stereocenters. The van der Waals surface area contributed by atoms with Gasteiger partial charge in [-0.05, 0) is 58.7 Å². The van der Waals surface area contributed by atoms with Gasteiger partial charge < -0.3 is 10.6 Å². The number of rotatable bonds is 5. The number of fused-ring (bicyclic) bond motifs is 1. The van der Waals surface area contributed by atoms with E-state index < -0.39 is 0 Å². The van der Waals surface area contributed by atoms with E-state index in [1.165, 1.54) is 17.0 Å². The first-order valence-electron chi connectivity index (χ1n) is 10.9. The Morgan fingerprint density at radius 2 is 1.65 bits per heavy atom. The molecule has 5 nitrogen and oxygen atoms in total. The van der Waals surface area contributed by atoms with Crippen LogP contribution in [0.15, 0.2) is 97.3 Å². The monoisotopic (exact) mass is 450 g/mol.